The molecule has 3 atom stereocenters. The quantitative estimate of drug-likeness (QED) is 0.863. The highest BCUT2D eigenvalue weighted by Crippen LogP contribution is 2.58. The van der Waals surface area contributed by atoms with E-state index in [0.29, 0.717) is 5.82 Å². The first-order chi connectivity index (χ1) is 10.8. The molecule has 0 aromatic carbocycles. The van der Waals surface area contributed by atoms with Crippen molar-refractivity contribution in [3.63, 3.8) is 0 Å². The van der Waals surface area contributed by atoms with Crippen molar-refractivity contribution in [3.8, 4) is 0 Å². The Morgan fingerprint density at radius 1 is 1.35 bits per heavy atom. The van der Waals surface area contributed by atoms with Crippen LogP contribution in [0.2, 0.25) is 0 Å². The van der Waals surface area contributed by atoms with E-state index < -0.39 is 11.5 Å². The van der Waals surface area contributed by atoms with Crippen LogP contribution in [0.25, 0.3) is 11.0 Å². The summed E-state index contributed by atoms with van der Waals surface area (Å²) in [6.45, 7) is 10.1. The van der Waals surface area contributed by atoms with Gasteiger partial charge in [0.2, 0.25) is 0 Å². The SMILES string of the molecule is C=C[C@@]1(C)CC[C@]2(n3ccc4c(N)ncnc43)OC(C)(C)O[C@H]12. The van der Waals surface area contributed by atoms with Crippen LogP contribution in [-0.2, 0) is 15.2 Å². The van der Waals surface area contributed by atoms with Gasteiger partial charge >= 0.3 is 0 Å². The van der Waals surface area contributed by atoms with E-state index in [1.54, 1.807) is 0 Å². The highest BCUT2D eigenvalue weighted by molar-refractivity contribution is 5.86. The van der Waals surface area contributed by atoms with Gasteiger partial charge in [0.05, 0.1) is 5.39 Å². The predicted molar refractivity (Wildman–Crippen MR) is 87.5 cm³/mol. The molecule has 23 heavy (non-hydrogen) atoms. The summed E-state index contributed by atoms with van der Waals surface area (Å²) in [4.78, 5) is 8.50. The molecule has 0 spiro atoms. The molecule has 2 aromatic rings. The molecule has 3 heterocycles. The van der Waals surface area contributed by atoms with E-state index in [-0.39, 0.29) is 11.5 Å². The van der Waals surface area contributed by atoms with Gasteiger partial charge in [0, 0.05) is 11.6 Å². The zero-order chi connectivity index (χ0) is 16.5. The van der Waals surface area contributed by atoms with E-state index in [4.69, 9.17) is 15.2 Å². The summed E-state index contributed by atoms with van der Waals surface area (Å²) in [5, 5.41) is 0.834. The Kier molecular flexibility index (Phi) is 2.76. The van der Waals surface area contributed by atoms with Gasteiger partial charge < -0.3 is 19.8 Å². The summed E-state index contributed by atoms with van der Waals surface area (Å²) in [6, 6.07) is 1.94. The molecule has 2 fully saturated rings. The van der Waals surface area contributed by atoms with Crippen molar-refractivity contribution >= 4 is 16.9 Å². The maximum absolute atomic E-state index is 6.44. The molecule has 122 valence electrons. The third-order valence-electron chi connectivity index (χ3n) is 5.24. The largest absolute Gasteiger partial charge is 0.383 e. The number of ether oxygens (including phenoxy) is 2. The van der Waals surface area contributed by atoms with Gasteiger partial charge in [-0.15, -0.1) is 6.58 Å². The van der Waals surface area contributed by atoms with Gasteiger partial charge in [0.1, 0.15) is 23.9 Å². The van der Waals surface area contributed by atoms with Gasteiger partial charge in [-0.25, -0.2) is 9.97 Å². The molecule has 2 aromatic heterocycles. The first-order valence-corrected chi connectivity index (χ1v) is 7.91. The molecule has 4 rings (SSSR count). The van der Waals surface area contributed by atoms with E-state index in [9.17, 15) is 0 Å². The summed E-state index contributed by atoms with van der Waals surface area (Å²) >= 11 is 0. The molecule has 2 aliphatic rings. The van der Waals surface area contributed by atoms with Crippen molar-refractivity contribution in [2.24, 2.45) is 5.41 Å². The number of nitrogen functional groups attached to an aromatic ring is 1. The number of fused-ring (bicyclic) bond motifs is 2. The highest BCUT2D eigenvalue weighted by atomic mass is 16.8. The fourth-order valence-electron chi connectivity index (χ4n) is 4.07. The van der Waals surface area contributed by atoms with E-state index in [1.165, 1.54) is 6.33 Å². The molecule has 1 saturated carbocycles. The van der Waals surface area contributed by atoms with Gasteiger partial charge in [0.25, 0.3) is 0 Å². The van der Waals surface area contributed by atoms with Crippen LogP contribution in [-0.4, -0.2) is 26.4 Å². The second-order valence-electron chi connectivity index (χ2n) is 7.24. The zero-order valence-electron chi connectivity index (χ0n) is 13.7. The van der Waals surface area contributed by atoms with Crippen LogP contribution < -0.4 is 5.73 Å². The van der Waals surface area contributed by atoms with Crippen molar-refractivity contribution in [2.45, 2.75) is 51.2 Å². The van der Waals surface area contributed by atoms with Crippen LogP contribution in [0, 0.1) is 5.41 Å². The maximum atomic E-state index is 6.44. The molecule has 2 N–H and O–H groups in total. The fourth-order valence-corrected chi connectivity index (χ4v) is 4.07. The Morgan fingerprint density at radius 2 is 2.13 bits per heavy atom. The maximum Gasteiger partial charge on any atom is 0.176 e. The number of rotatable bonds is 2. The smallest absolute Gasteiger partial charge is 0.176 e. The monoisotopic (exact) mass is 314 g/mol. The van der Waals surface area contributed by atoms with Gasteiger partial charge in [-0.05, 0) is 32.8 Å². The Labute approximate surface area is 135 Å². The van der Waals surface area contributed by atoms with Crippen molar-refractivity contribution in [3.05, 3.63) is 31.2 Å². The number of hydrogen-bond acceptors (Lipinski definition) is 5. The summed E-state index contributed by atoms with van der Waals surface area (Å²) in [5.41, 5.74) is 6.01. The lowest BCUT2D eigenvalue weighted by molar-refractivity contribution is -0.188. The molecule has 0 bridgehead atoms. The van der Waals surface area contributed by atoms with Gasteiger partial charge in [-0.1, -0.05) is 13.0 Å². The van der Waals surface area contributed by atoms with Crippen molar-refractivity contribution in [1.82, 2.24) is 14.5 Å². The molecular weight excluding hydrogens is 292 g/mol. The van der Waals surface area contributed by atoms with Crippen molar-refractivity contribution < 1.29 is 9.47 Å². The van der Waals surface area contributed by atoms with Crippen LogP contribution in [0.3, 0.4) is 0 Å². The molecule has 0 unspecified atom stereocenters. The lowest BCUT2D eigenvalue weighted by Gasteiger charge is -2.33. The second-order valence-corrected chi connectivity index (χ2v) is 7.24. The summed E-state index contributed by atoms with van der Waals surface area (Å²) in [6.07, 6.45) is 7.09. The Balaban J connectivity index is 1.94. The van der Waals surface area contributed by atoms with Crippen molar-refractivity contribution in [2.75, 3.05) is 5.73 Å². The fraction of sp³-hybridized carbons (Fsp3) is 0.529. The van der Waals surface area contributed by atoms with Crippen LogP contribution in [0.1, 0.15) is 33.6 Å². The van der Waals surface area contributed by atoms with Crippen LogP contribution in [0.4, 0.5) is 5.82 Å². The molecule has 1 aliphatic heterocycles. The second kappa shape index (κ2) is 4.33. The molecule has 1 saturated heterocycles. The minimum absolute atomic E-state index is 0.130. The van der Waals surface area contributed by atoms with E-state index in [1.807, 2.05) is 32.2 Å². The Morgan fingerprint density at radius 3 is 2.87 bits per heavy atom. The third-order valence-corrected chi connectivity index (χ3v) is 5.24. The summed E-state index contributed by atoms with van der Waals surface area (Å²) < 4.78 is 14.8. The Bertz CT molecular complexity index is 799. The van der Waals surface area contributed by atoms with Gasteiger partial charge in [-0.2, -0.15) is 0 Å². The van der Waals surface area contributed by atoms with E-state index >= 15 is 0 Å². The number of aromatic nitrogens is 3. The van der Waals surface area contributed by atoms with Crippen LogP contribution in [0.15, 0.2) is 31.2 Å². The summed E-state index contributed by atoms with van der Waals surface area (Å²) in [7, 11) is 0. The first kappa shape index (κ1) is 14.7. The molecule has 0 amide bonds. The number of anilines is 1. The summed E-state index contributed by atoms with van der Waals surface area (Å²) in [5.74, 6) is -0.186. The molecule has 6 nitrogen and oxygen atoms in total. The predicted octanol–water partition coefficient (Wildman–Crippen LogP) is 2.80. The first-order valence-electron chi connectivity index (χ1n) is 7.91. The molecular formula is C17H22N4O2. The number of nitrogens with two attached hydrogens (primary N) is 1. The topological polar surface area (TPSA) is 75.2 Å². The minimum atomic E-state index is -0.662. The normalized spacial score (nSPS) is 35.5. The van der Waals surface area contributed by atoms with Gasteiger partial charge in [-0.3, -0.25) is 0 Å². The minimum Gasteiger partial charge on any atom is -0.383 e. The molecule has 1 aliphatic carbocycles. The standard InChI is InChI=1S/C17H22N4O2/c1-5-16(4)7-8-17(14(16)22-15(2,3)23-17)21-9-6-11-12(18)19-10-20-13(11)21/h5-6,9-10,14H,1,7-8H2,2-4H3,(H2,18,19,20)/t14-,16+,17+/m1/s1. The van der Waals surface area contributed by atoms with Gasteiger partial charge in [0.15, 0.2) is 11.5 Å². The Hall–Kier alpha value is -1.92. The highest BCUT2D eigenvalue weighted by Gasteiger charge is 2.64. The number of hydrogen-bond donors (Lipinski definition) is 1. The lowest BCUT2D eigenvalue weighted by Crippen LogP contribution is -2.43. The van der Waals surface area contributed by atoms with Crippen LogP contribution >= 0.6 is 0 Å². The lowest BCUT2D eigenvalue weighted by atomic mass is 9.85. The van der Waals surface area contributed by atoms with Crippen molar-refractivity contribution in [1.29, 1.82) is 0 Å². The third kappa shape index (κ3) is 1.82. The average molecular weight is 314 g/mol. The zero-order valence-corrected chi connectivity index (χ0v) is 13.7. The van der Waals surface area contributed by atoms with Crippen LogP contribution in [0.5, 0.6) is 0 Å². The molecule has 6 heteroatoms. The van der Waals surface area contributed by atoms with E-state index in [2.05, 4.69) is 28.0 Å². The average Bonchev–Trinajstić information content (AvgIpc) is 3.12. The van der Waals surface area contributed by atoms with E-state index in [0.717, 1.165) is 23.9 Å². The molecule has 0 radical (unpaired) electrons. The number of nitrogens with zero attached hydrogens (tertiary/aromatic N) is 3.